The third kappa shape index (κ3) is 7.77. The Hall–Kier alpha value is -0.0800. The molecule has 0 spiro atoms. The number of ether oxygens (including phenoxy) is 2. The van der Waals surface area contributed by atoms with Crippen LogP contribution >= 0.6 is 0 Å². The minimum Gasteiger partial charge on any atom is -0.353 e. The minimum absolute atomic E-state index is 0.442. The van der Waals surface area contributed by atoms with Gasteiger partial charge < -0.3 is 9.47 Å². The lowest BCUT2D eigenvalue weighted by Gasteiger charge is -2.29. The molecule has 0 aromatic heterocycles. The van der Waals surface area contributed by atoms with E-state index >= 15 is 0 Å². The number of hydrogen-bond acceptors (Lipinski definition) is 2. The number of methoxy groups -OCH3 is 2. The van der Waals surface area contributed by atoms with Crippen LogP contribution in [0.5, 0.6) is 0 Å². The van der Waals surface area contributed by atoms with Crippen LogP contribution in [0.4, 0.5) is 0 Å². The highest BCUT2D eigenvalue weighted by molar-refractivity contribution is 4.70. The molecule has 0 N–H and O–H groups in total. The highest BCUT2D eigenvalue weighted by atomic mass is 16.7. The van der Waals surface area contributed by atoms with Crippen LogP contribution in [0.25, 0.3) is 0 Å². The Balaban J connectivity index is 3.43. The van der Waals surface area contributed by atoms with Gasteiger partial charge in [0.05, 0.1) is 0 Å². The van der Waals surface area contributed by atoms with Crippen molar-refractivity contribution in [3.8, 4) is 0 Å². The van der Waals surface area contributed by atoms with Gasteiger partial charge in [-0.2, -0.15) is 0 Å². The highest BCUT2D eigenvalue weighted by Crippen LogP contribution is 2.23. The standard InChI is InChI=1S/C15H31O2/c1-5-7-8-9-10-11-12-13-14-15(6-2,16-3)17-4/h2,5-14H2,1,3-4H3. The monoisotopic (exact) mass is 243 g/mol. The van der Waals surface area contributed by atoms with E-state index in [4.69, 9.17) is 9.47 Å². The van der Waals surface area contributed by atoms with Gasteiger partial charge in [0.25, 0.3) is 0 Å². The first-order valence-corrected chi connectivity index (χ1v) is 7.14. The number of hydrogen-bond donors (Lipinski definition) is 0. The fourth-order valence-corrected chi connectivity index (χ4v) is 2.14. The molecule has 0 saturated heterocycles. The average molecular weight is 243 g/mol. The molecule has 0 aliphatic heterocycles. The van der Waals surface area contributed by atoms with Crippen LogP contribution in [0.1, 0.15) is 71.1 Å². The van der Waals surface area contributed by atoms with Crippen molar-refractivity contribution in [3.63, 3.8) is 0 Å². The van der Waals surface area contributed by atoms with Crippen molar-refractivity contribution >= 4 is 0 Å². The molecule has 0 fully saturated rings. The largest absolute Gasteiger partial charge is 0.353 e. The molecule has 0 aliphatic carbocycles. The summed E-state index contributed by atoms with van der Waals surface area (Å²) in [5.41, 5.74) is 0. The Bertz CT molecular complexity index is 145. The zero-order valence-corrected chi connectivity index (χ0v) is 12.1. The maximum atomic E-state index is 5.41. The summed E-state index contributed by atoms with van der Waals surface area (Å²) in [7, 11) is 3.42. The maximum absolute atomic E-state index is 5.41. The van der Waals surface area contributed by atoms with E-state index in [1.54, 1.807) is 14.2 Å². The van der Waals surface area contributed by atoms with E-state index in [0.717, 1.165) is 6.42 Å². The molecule has 0 rings (SSSR count). The molecule has 0 aromatic carbocycles. The van der Waals surface area contributed by atoms with E-state index in [9.17, 15) is 0 Å². The van der Waals surface area contributed by atoms with Crippen LogP contribution in [-0.4, -0.2) is 20.0 Å². The van der Waals surface area contributed by atoms with E-state index < -0.39 is 5.79 Å². The molecule has 0 saturated carbocycles. The topological polar surface area (TPSA) is 18.5 Å². The summed E-state index contributed by atoms with van der Waals surface area (Å²) in [4.78, 5) is 0. The summed E-state index contributed by atoms with van der Waals surface area (Å²) in [6, 6.07) is 0. The van der Waals surface area contributed by atoms with Crippen molar-refractivity contribution < 1.29 is 9.47 Å². The van der Waals surface area contributed by atoms with Gasteiger partial charge in [-0.05, 0) is 13.3 Å². The van der Waals surface area contributed by atoms with Crippen LogP contribution in [0.15, 0.2) is 0 Å². The van der Waals surface area contributed by atoms with Gasteiger partial charge in [-0.3, -0.25) is 0 Å². The summed E-state index contributed by atoms with van der Waals surface area (Å²) >= 11 is 0. The Kier molecular flexibility index (Phi) is 11.0. The lowest BCUT2D eigenvalue weighted by atomic mass is 10.0. The van der Waals surface area contributed by atoms with Gasteiger partial charge in [-0.1, -0.05) is 51.9 Å². The van der Waals surface area contributed by atoms with Crippen molar-refractivity contribution in [1.82, 2.24) is 0 Å². The molecular weight excluding hydrogens is 212 g/mol. The molecule has 0 bridgehead atoms. The van der Waals surface area contributed by atoms with Gasteiger partial charge in [-0.15, -0.1) is 0 Å². The molecule has 0 atom stereocenters. The van der Waals surface area contributed by atoms with Gasteiger partial charge in [0.15, 0.2) is 5.79 Å². The summed E-state index contributed by atoms with van der Waals surface area (Å²) in [6.07, 6.45) is 12.3. The second-order valence-corrected chi connectivity index (χ2v) is 4.79. The molecule has 2 nitrogen and oxygen atoms in total. The molecule has 0 unspecified atom stereocenters. The predicted octanol–water partition coefficient (Wildman–Crippen LogP) is 4.73. The first-order valence-electron chi connectivity index (χ1n) is 7.14. The first-order chi connectivity index (χ1) is 8.24. The lowest BCUT2D eigenvalue weighted by Crippen LogP contribution is -2.32. The molecular formula is C15H31O2. The van der Waals surface area contributed by atoms with Crippen molar-refractivity contribution in [2.75, 3.05) is 14.2 Å². The molecule has 0 aromatic rings. The van der Waals surface area contributed by atoms with Gasteiger partial charge in [0.2, 0.25) is 0 Å². The second-order valence-electron chi connectivity index (χ2n) is 4.79. The zero-order valence-electron chi connectivity index (χ0n) is 12.1. The van der Waals surface area contributed by atoms with Crippen LogP contribution < -0.4 is 0 Å². The highest BCUT2D eigenvalue weighted by Gasteiger charge is 2.25. The quantitative estimate of drug-likeness (QED) is 0.364. The molecule has 0 aliphatic rings. The third-order valence-corrected chi connectivity index (χ3v) is 3.54. The normalized spacial score (nSPS) is 12.0. The summed E-state index contributed by atoms with van der Waals surface area (Å²) in [6.45, 7) is 6.16. The van der Waals surface area contributed by atoms with E-state index in [0.29, 0.717) is 6.42 Å². The molecule has 103 valence electrons. The van der Waals surface area contributed by atoms with E-state index in [-0.39, 0.29) is 0 Å². The molecule has 1 radical (unpaired) electrons. The van der Waals surface area contributed by atoms with Crippen LogP contribution in [-0.2, 0) is 9.47 Å². The van der Waals surface area contributed by atoms with E-state index in [1.165, 1.54) is 51.4 Å². The van der Waals surface area contributed by atoms with E-state index in [2.05, 4.69) is 13.8 Å². The first kappa shape index (κ1) is 16.9. The third-order valence-electron chi connectivity index (χ3n) is 3.54. The Morgan fingerprint density at radius 2 is 1.29 bits per heavy atom. The van der Waals surface area contributed by atoms with Gasteiger partial charge in [-0.25, -0.2) is 0 Å². The fourth-order valence-electron chi connectivity index (χ4n) is 2.14. The summed E-state index contributed by atoms with van der Waals surface area (Å²) < 4.78 is 10.8. The van der Waals surface area contributed by atoms with Crippen molar-refractivity contribution in [1.29, 1.82) is 0 Å². The van der Waals surface area contributed by atoms with Crippen LogP contribution in [0.3, 0.4) is 0 Å². The zero-order chi connectivity index (χ0) is 13.0. The predicted molar refractivity (Wildman–Crippen MR) is 74.0 cm³/mol. The SMILES string of the molecule is [CH2]CC(CCCCCCCCCC)(OC)OC. The Morgan fingerprint density at radius 1 is 0.824 bits per heavy atom. The van der Waals surface area contributed by atoms with Crippen LogP contribution in [0.2, 0.25) is 0 Å². The van der Waals surface area contributed by atoms with E-state index in [1.807, 2.05) is 0 Å². The molecule has 17 heavy (non-hydrogen) atoms. The Labute approximate surface area is 108 Å². The molecule has 0 amide bonds. The van der Waals surface area contributed by atoms with Crippen molar-refractivity contribution in [2.45, 2.75) is 76.9 Å². The lowest BCUT2D eigenvalue weighted by molar-refractivity contribution is -0.209. The average Bonchev–Trinajstić information content (AvgIpc) is 2.38. The number of unbranched alkanes of at least 4 members (excludes halogenated alkanes) is 7. The maximum Gasteiger partial charge on any atom is 0.167 e. The molecule has 0 heterocycles. The summed E-state index contributed by atoms with van der Waals surface area (Å²) in [5.74, 6) is -0.442. The smallest absolute Gasteiger partial charge is 0.167 e. The van der Waals surface area contributed by atoms with Gasteiger partial charge >= 0.3 is 0 Å². The van der Waals surface area contributed by atoms with Gasteiger partial charge in [0, 0.05) is 27.1 Å². The van der Waals surface area contributed by atoms with Crippen LogP contribution in [0, 0.1) is 6.92 Å². The number of rotatable bonds is 12. The van der Waals surface area contributed by atoms with Crippen molar-refractivity contribution in [2.24, 2.45) is 0 Å². The van der Waals surface area contributed by atoms with Gasteiger partial charge in [0.1, 0.15) is 0 Å². The minimum atomic E-state index is -0.442. The Morgan fingerprint density at radius 3 is 1.71 bits per heavy atom. The second kappa shape index (κ2) is 11.0. The molecule has 2 heteroatoms. The van der Waals surface area contributed by atoms with Crippen molar-refractivity contribution in [3.05, 3.63) is 6.92 Å². The fraction of sp³-hybridized carbons (Fsp3) is 0.933. The summed E-state index contributed by atoms with van der Waals surface area (Å²) in [5, 5.41) is 0.